The third kappa shape index (κ3) is 1.64. The number of alkyl halides is 1. The molecular formula is C13H13BrO2. The van der Waals surface area contributed by atoms with E-state index in [0.717, 1.165) is 11.1 Å². The molecule has 2 rings (SSSR count). The van der Waals surface area contributed by atoms with Crippen LogP contribution in [0.15, 0.2) is 30.3 Å². The maximum Gasteiger partial charge on any atom is 0.179 e. The highest BCUT2D eigenvalue weighted by Crippen LogP contribution is 2.37. The summed E-state index contributed by atoms with van der Waals surface area (Å²) >= 11 is 3.22. The Morgan fingerprint density at radius 1 is 1.50 bits per heavy atom. The second-order valence-electron chi connectivity index (χ2n) is 3.78. The molecule has 0 saturated heterocycles. The van der Waals surface area contributed by atoms with Gasteiger partial charge < -0.3 is 4.74 Å². The number of hydrogen-bond donors (Lipinski definition) is 0. The molecule has 2 nitrogen and oxygen atoms in total. The molecule has 16 heavy (non-hydrogen) atoms. The van der Waals surface area contributed by atoms with Gasteiger partial charge in [0.2, 0.25) is 0 Å². The molecule has 1 aliphatic carbocycles. The number of benzene rings is 1. The molecule has 3 heteroatoms. The van der Waals surface area contributed by atoms with Crippen molar-refractivity contribution in [3.05, 3.63) is 41.5 Å². The Morgan fingerprint density at radius 3 is 2.94 bits per heavy atom. The Kier molecular flexibility index (Phi) is 3.26. The summed E-state index contributed by atoms with van der Waals surface area (Å²) in [6, 6.07) is 7.87. The molecular weight excluding hydrogens is 268 g/mol. The lowest BCUT2D eigenvalue weighted by Gasteiger charge is -2.33. The summed E-state index contributed by atoms with van der Waals surface area (Å²) in [5, 5.41) is 0.309. The predicted octanol–water partition coefficient (Wildman–Crippen LogP) is 2.91. The molecule has 0 N–H and O–H groups in total. The topological polar surface area (TPSA) is 26.3 Å². The Balaban J connectivity index is 2.57. The maximum atomic E-state index is 12.1. The number of ether oxygens (including phenoxy) is 1. The van der Waals surface area contributed by atoms with Crippen LogP contribution < -0.4 is 0 Å². The molecule has 1 aromatic rings. The van der Waals surface area contributed by atoms with Crippen LogP contribution >= 0.6 is 15.9 Å². The lowest BCUT2D eigenvalue weighted by molar-refractivity contribution is -0.139. The van der Waals surface area contributed by atoms with Crippen LogP contribution in [0.3, 0.4) is 0 Å². The van der Waals surface area contributed by atoms with Gasteiger partial charge in [0.1, 0.15) is 0 Å². The Hall–Kier alpha value is -0.930. The minimum Gasteiger partial charge on any atom is -0.365 e. The Labute approximate surface area is 103 Å². The van der Waals surface area contributed by atoms with Crippen molar-refractivity contribution in [3.63, 3.8) is 0 Å². The monoisotopic (exact) mass is 280 g/mol. The van der Waals surface area contributed by atoms with Gasteiger partial charge in [-0.3, -0.25) is 4.79 Å². The van der Waals surface area contributed by atoms with Gasteiger partial charge in [-0.15, -0.1) is 0 Å². The minimum atomic E-state index is -0.811. The van der Waals surface area contributed by atoms with E-state index >= 15 is 0 Å². The molecule has 0 fully saturated rings. The second kappa shape index (κ2) is 4.52. The fourth-order valence-electron chi connectivity index (χ4n) is 2.15. The predicted molar refractivity (Wildman–Crippen MR) is 67.6 cm³/mol. The van der Waals surface area contributed by atoms with E-state index in [1.165, 1.54) is 0 Å². The molecule has 0 spiro atoms. The van der Waals surface area contributed by atoms with E-state index in [9.17, 15) is 4.79 Å². The lowest BCUT2D eigenvalue weighted by atomic mass is 9.80. The molecule has 1 unspecified atom stereocenters. The molecule has 0 amide bonds. The molecule has 0 aliphatic heterocycles. The average Bonchev–Trinajstić information content (AvgIpc) is 2.37. The molecule has 0 radical (unpaired) electrons. The minimum absolute atomic E-state index is 0.0619. The fraction of sp³-hybridized carbons (Fsp3) is 0.308. The first-order valence-electron chi connectivity index (χ1n) is 5.15. The third-order valence-corrected chi connectivity index (χ3v) is 3.53. The van der Waals surface area contributed by atoms with Crippen LogP contribution in [0.25, 0.3) is 6.08 Å². The van der Waals surface area contributed by atoms with Gasteiger partial charge in [-0.25, -0.2) is 0 Å². The van der Waals surface area contributed by atoms with Crippen LogP contribution in [0.4, 0.5) is 0 Å². The number of hydrogen-bond acceptors (Lipinski definition) is 2. The van der Waals surface area contributed by atoms with Gasteiger partial charge >= 0.3 is 0 Å². The van der Waals surface area contributed by atoms with Gasteiger partial charge in [0, 0.05) is 13.5 Å². The molecule has 0 bridgehead atoms. The van der Waals surface area contributed by atoms with Gasteiger partial charge in [0.15, 0.2) is 11.4 Å². The summed E-state index contributed by atoms with van der Waals surface area (Å²) in [6.07, 6.45) is 4.63. The first kappa shape index (κ1) is 11.6. The van der Waals surface area contributed by atoms with E-state index in [1.54, 1.807) is 7.11 Å². The van der Waals surface area contributed by atoms with Crippen molar-refractivity contribution in [2.24, 2.45) is 0 Å². The number of fused-ring (bicyclic) bond motifs is 1. The van der Waals surface area contributed by atoms with E-state index in [-0.39, 0.29) is 5.78 Å². The van der Waals surface area contributed by atoms with Crippen molar-refractivity contribution in [3.8, 4) is 0 Å². The highest BCUT2D eigenvalue weighted by atomic mass is 79.9. The van der Waals surface area contributed by atoms with Crippen LogP contribution in [0, 0.1) is 0 Å². The SMILES string of the molecule is COC1(C(=O)CBr)CC=Cc2ccccc21. The van der Waals surface area contributed by atoms with Crippen LogP contribution in [-0.4, -0.2) is 18.2 Å². The number of ketones is 1. The molecule has 1 aliphatic rings. The van der Waals surface area contributed by atoms with Crippen molar-refractivity contribution in [2.45, 2.75) is 12.0 Å². The molecule has 1 atom stereocenters. The number of carbonyl (C=O) groups excluding carboxylic acids is 1. The van der Waals surface area contributed by atoms with Gasteiger partial charge in [-0.2, -0.15) is 0 Å². The lowest BCUT2D eigenvalue weighted by Crippen LogP contribution is -2.40. The number of methoxy groups -OCH3 is 1. The van der Waals surface area contributed by atoms with Gasteiger partial charge in [0.25, 0.3) is 0 Å². The summed E-state index contributed by atoms with van der Waals surface area (Å²) in [6.45, 7) is 0. The van der Waals surface area contributed by atoms with Crippen LogP contribution in [0.2, 0.25) is 0 Å². The number of halogens is 1. The smallest absolute Gasteiger partial charge is 0.179 e. The van der Waals surface area contributed by atoms with Crippen LogP contribution in [0.5, 0.6) is 0 Å². The van der Waals surface area contributed by atoms with E-state index in [4.69, 9.17) is 4.74 Å². The summed E-state index contributed by atoms with van der Waals surface area (Å²) in [7, 11) is 1.59. The first-order valence-corrected chi connectivity index (χ1v) is 6.27. The molecule has 1 aromatic carbocycles. The zero-order valence-electron chi connectivity index (χ0n) is 9.07. The normalized spacial score (nSPS) is 22.9. The van der Waals surface area contributed by atoms with E-state index in [0.29, 0.717) is 11.8 Å². The number of rotatable bonds is 3. The van der Waals surface area contributed by atoms with E-state index < -0.39 is 5.60 Å². The summed E-state index contributed by atoms with van der Waals surface area (Å²) in [5.41, 5.74) is 1.21. The second-order valence-corrected chi connectivity index (χ2v) is 4.34. The summed E-state index contributed by atoms with van der Waals surface area (Å²) in [4.78, 5) is 12.1. The summed E-state index contributed by atoms with van der Waals surface area (Å²) in [5.74, 6) is 0.0619. The largest absolute Gasteiger partial charge is 0.365 e. The molecule has 84 valence electrons. The highest BCUT2D eigenvalue weighted by Gasteiger charge is 2.40. The standard InChI is InChI=1S/C13H13BrO2/c1-16-13(12(15)9-14)8-4-6-10-5-2-3-7-11(10)13/h2-7H,8-9H2,1H3. The van der Waals surface area contributed by atoms with Crippen molar-refractivity contribution in [1.29, 1.82) is 0 Å². The molecule has 0 aromatic heterocycles. The fourth-order valence-corrected chi connectivity index (χ4v) is 2.60. The Morgan fingerprint density at radius 2 is 2.25 bits per heavy atom. The van der Waals surface area contributed by atoms with E-state index in [1.807, 2.05) is 36.4 Å². The van der Waals surface area contributed by atoms with Gasteiger partial charge in [0.05, 0.1) is 5.33 Å². The third-order valence-electron chi connectivity index (χ3n) is 3.02. The first-order chi connectivity index (χ1) is 7.74. The van der Waals surface area contributed by atoms with Crippen LogP contribution in [0.1, 0.15) is 17.5 Å². The quantitative estimate of drug-likeness (QED) is 0.796. The van der Waals surface area contributed by atoms with Crippen molar-refractivity contribution in [2.75, 3.05) is 12.4 Å². The number of Topliss-reactive ketones (excluding diaryl/α,β-unsaturated/α-hetero) is 1. The van der Waals surface area contributed by atoms with Gasteiger partial charge in [-0.1, -0.05) is 52.3 Å². The van der Waals surface area contributed by atoms with Crippen molar-refractivity contribution < 1.29 is 9.53 Å². The highest BCUT2D eigenvalue weighted by molar-refractivity contribution is 9.09. The van der Waals surface area contributed by atoms with Gasteiger partial charge in [-0.05, 0) is 11.1 Å². The zero-order chi connectivity index (χ0) is 11.6. The zero-order valence-corrected chi connectivity index (χ0v) is 10.7. The van der Waals surface area contributed by atoms with Crippen LogP contribution in [-0.2, 0) is 15.1 Å². The number of carbonyl (C=O) groups is 1. The van der Waals surface area contributed by atoms with Crippen molar-refractivity contribution in [1.82, 2.24) is 0 Å². The average molecular weight is 281 g/mol. The van der Waals surface area contributed by atoms with E-state index in [2.05, 4.69) is 15.9 Å². The molecule has 0 saturated carbocycles. The maximum absolute atomic E-state index is 12.1. The van der Waals surface area contributed by atoms with Crippen molar-refractivity contribution >= 4 is 27.8 Å². The summed E-state index contributed by atoms with van der Waals surface area (Å²) < 4.78 is 5.53. The Bertz CT molecular complexity index is 439. The molecule has 0 heterocycles.